The Morgan fingerprint density at radius 1 is 0.778 bits per heavy atom. The van der Waals surface area contributed by atoms with Crippen LogP contribution in [0.15, 0.2) is 55.8 Å². The first-order chi connectivity index (χ1) is 13.4. The summed E-state index contributed by atoms with van der Waals surface area (Å²) in [7, 11) is 0. The summed E-state index contributed by atoms with van der Waals surface area (Å²) in [6, 6.07) is 6.32. The number of nitrogens with zero attached hydrogens (tertiary/aromatic N) is 9. The number of rotatable bonds is 3. The van der Waals surface area contributed by atoms with Crippen LogP contribution in [0.25, 0.3) is 16.7 Å². The van der Waals surface area contributed by atoms with Gasteiger partial charge in [-0.3, -0.25) is 4.98 Å². The average Bonchev–Trinajstić information content (AvgIpc) is 3.29. The number of hydrogen-bond acceptors (Lipinski definition) is 8. The van der Waals surface area contributed by atoms with Crippen molar-refractivity contribution in [1.82, 2.24) is 34.7 Å². The number of aromatic nitrogens is 7. The zero-order valence-electron chi connectivity index (χ0n) is 14.5. The number of benzene rings is 1. The molecule has 5 rings (SSSR count). The number of anilines is 2. The van der Waals surface area contributed by atoms with Gasteiger partial charge in [-0.1, -0.05) is 0 Å². The van der Waals surface area contributed by atoms with Crippen LogP contribution in [0.4, 0.5) is 11.5 Å². The molecule has 0 atom stereocenters. The molecule has 0 radical (unpaired) electrons. The Labute approximate surface area is 155 Å². The van der Waals surface area contributed by atoms with Crippen LogP contribution in [0, 0.1) is 0 Å². The van der Waals surface area contributed by atoms with Gasteiger partial charge in [0.15, 0.2) is 5.82 Å². The van der Waals surface area contributed by atoms with Crippen molar-refractivity contribution in [3.8, 4) is 5.82 Å². The van der Waals surface area contributed by atoms with E-state index in [0.29, 0.717) is 5.82 Å². The van der Waals surface area contributed by atoms with E-state index in [0.717, 1.165) is 42.9 Å². The van der Waals surface area contributed by atoms with E-state index in [1.54, 1.807) is 29.7 Å². The fraction of sp³-hybridized carbons (Fsp3) is 0.222. The smallest absolute Gasteiger partial charge is 0.175 e. The van der Waals surface area contributed by atoms with E-state index in [4.69, 9.17) is 0 Å². The molecule has 9 nitrogen and oxygen atoms in total. The van der Waals surface area contributed by atoms with Crippen molar-refractivity contribution in [3.63, 3.8) is 0 Å². The lowest BCUT2D eigenvalue weighted by molar-refractivity contribution is 0.644. The minimum absolute atomic E-state index is 0.668. The van der Waals surface area contributed by atoms with Crippen molar-refractivity contribution in [2.24, 2.45) is 0 Å². The van der Waals surface area contributed by atoms with Crippen molar-refractivity contribution in [1.29, 1.82) is 0 Å². The third kappa shape index (κ3) is 3.03. The van der Waals surface area contributed by atoms with Crippen LogP contribution in [0.5, 0.6) is 0 Å². The van der Waals surface area contributed by atoms with Gasteiger partial charge in [0, 0.05) is 43.4 Å². The van der Waals surface area contributed by atoms with Crippen molar-refractivity contribution in [2.75, 3.05) is 36.0 Å². The van der Waals surface area contributed by atoms with E-state index in [9.17, 15) is 0 Å². The van der Waals surface area contributed by atoms with Crippen molar-refractivity contribution in [2.45, 2.75) is 0 Å². The second-order valence-electron chi connectivity index (χ2n) is 6.32. The fourth-order valence-corrected chi connectivity index (χ4v) is 3.30. The molecular weight excluding hydrogens is 342 g/mol. The minimum atomic E-state index is 0.668. The van der Waals surface area contributed by atoms with Gasteiger partial charge in [0.2, 0.25) is 0 Å². The lowest BCUT2D eigenvalue weighted by Gasteiger charge is -2.36. The van der Waals surface area contributed by atoms with Gasteiger partial charge < -0.3 is 9.80 Å². The molecule has 134 valence electrons. The van der Waals surface area contributed by atoms with E-state index in [1.807, 2.05) is 12.3 Å². The normalized spacial score (nSPS) is 14.7. The summed E-state index contributed by atoms with van der Waals surface area (Å²) in [5.74, 6) is 1.52. The molecular formula is C18H17N9. The van der Waals surface area contributed by atoms with Crippen LogP contribution in [0.2, 0.25) is 0 Å². The highest BCUT2D eigenvalue weighted by Crippen LogP contribution is 2.23. The van der Waals surface area contributed by atoms with Gasteiger partial charge in [-0.2, -0.15) is 5.10 Å². The van der Waals surface area contributed by atoms with Crippen LogP contribution in [-0.2, 0) is 0 Å². The summed E-state index contributed by atoms with van der Waals surface area (Å²) < 4.78 is 1.61. The maximum Gasteiger partial charge on any atom is 0.175 e. The quantitative estimate of drug-likeness (QED) is 0.541. The second-order valence-corrected chi connectivity index (χ2v) is 6.32. The molecule has 3 aromatic heterocycles. The number of piperazine rings is 1. The van der Waals surface area contributed by atoms with Crippen LogP contribution in [0.1, 0.15) is 0 Å². The predicted octanol–water partition coefficient (Wildman–Crippen LogP) is 1.33. The Morgan fingerprint density at radius 2 is 1.63 bits per heavy atom. The molecule has 0 bridgehead atoms. The minimum Gasteiger partial charge on any atom is -0.368 e. The first-order valence-corrected chi connectivity index (χ1v) is 8.73. The third-order valence-electron chi connectivity index (χ3n) is 4.72. The van der Waals surface area contributed by atoms with E-state index in [2.05, 4.69) is 52.0 Å². The molecule has 1 aromatic carbocycles. The SMILES string of the molecule is c1ncc2cc(N3CCN(c4cncc(-n5cncn5)n4)CC3)ccc2n1. The largest absolute Gasteiger partial charge is 0.368 e. The van der Waals surface area contributed by atoms with Gasteiger partial charge in [-0.25, -0.2) is 24.6 Å². The number of hydrogen-bond donors (Lipinski definition) is 0. The fourth-order valence-electron chi connectivity index (χ4n) is 3.30. The van der Waals surface area contributed by atoms with E-state index >= 15 is 0 Å². The van der Waals surface area contributed by atoms with Crippen LogP contribution >= 0.6 is 0 Å². The molecule has 0 saturated carbocycles. The Morgan fingerprint density at radius 3 is 2.48 bits per heavy atom. The molecule has 0 spiro atoms. The van der Waals surface area contributed by atoms with E-state index in [-0.39, 0.29) is 0 Å². The topological polar surface area (TPSA) is 88.8 Å². The molecule has 4 heterocycles. The summed E-state index contributed by atoms with van der Waals surface area (Å²) in [4.78, 5) is 26.0. The standard InChI is InChI=1S/C18H17N9/c1-2-16-14(8-20-11-22-16)7-15(1)25-3-5-26(6-4-25)17-9-19-10-18(24-17)27-13-21-12-23-27/h1-2,7-13H,3-6H2. The van der Waals surface area contributed by atoms with Gasteiger partial charge in [0.1, 0.15) is 24.8 Å². The molecule has 0 aliphatic carbocycles. The monoisotopic (exact) mass is 359 g/mol. The van der Waals surface area contributed by atoms with Gasteiger partial charge in [0.25, 0.3) is 0 Å². The highest BCUT2D eigenvalue weighted by atomic mass is 15.4. The van der Waals surface area contributed by atoms with Crippen molar-refractivity contribution in [3.05, 3.63) is 55.8 Å². The zero-order valence-corrected chi connectivity index (χ0v) is 14.5. The Kier molecular flexibility index (Phi) is 3.82. The van der Waals surface area contributed by atoms with Gasteiger partial charge in [-0.05, 0) is 18.2 Å². The Hall–Kier alpha value is -3.62. The molecule has 0 N–H and O–H groups in total. The molecule has 1 saturated heterocycles. The molecule has 4 aromatic rings. The molecule has 0 unspecified atom stereocenters. The first kappa shape index (κ1) is 15.6. The molecule has 1 aliphatic rings. The van der Waals surface area contributed by atoms with Crippen LogP contribution in [0.3, 0.4) is 0 Å². The maximum atomic E-state index is 4.67. The van der Waals surface area contributed by atoms with Crippen molar-refractivity contribution >= 4 is 22.4 Å². The molecule has 1 aliphatic heterocycles. The lowest BCUT2D eigenvalue weighted by Crippen LogP contribution is -2.46. The van der Waals surface area contributed by atoms with Gasteiger partial charge in [0.05, 0.1) is 17.9 Å². The maximum absolute atomic E-state index is 4.67. The summed E-state index contributed by atoms with van der Waals surface area (Å²) in [5.41, 5.74) is 2.16. The zero-order chi connectivity index (χ0) is 18.1. The van der Waals surface area contributed by atoms with Gasteiger partial charge >= 0.3 is 0 Å². The van der Waals surface area contributed by atoms with E-state index < -0.39 is 0 Å². The molecule has 1 fully saturated rings. The lowest BCUT2D eigenvalue weighted by atomic mass is 10.2. The van der Waals surface area contributed by atoms with Gasteiger partial charge in [-0.15, -0.1) is 0 Å². The highest BCUT2D eigenvalue weighted by molar-refractivity contribution is 5.81. The Bertz CT molecular complexity index is 1060. The van der Waals surface area contributed by atoms with Crippen molar-refractivity contribution < 1.29 is 0 Å². The van der Waals surface area contributed by atoms with Crippen LogP contribution in [-0.4, -0.2) is 60.9 Å². The van der Waals surface area contributed by atoms with E-state index in [1.165, 1.54) is 12.0 Å². The predicted molar refractivity (Wildman–Crippen MR) is 101 cm³/mol. The molecule has 9 heteroatoms. The summed E-state index contributed by atoms with van der Waals surface area (Å²) >= 11 is 0. The first-order valence-electron chi connectivity index (χ1n) is 8.73. The molecule has 0 amide bonds. The highest BCUT2D eigenvalue weighted by Gasteiger charge is 2.19. The second kappa shape index (κ2) is 6.60. The number of fused-ring (bicyclic) bond motifs is 1. The van der Waals surface area contributed by atoms with Crippen LogP contribution < -0.4 is 9.80 Å². The molecule has 27 heavy (non-hydrogen) atoms. The average molecular weight is 359 g/mol. The summed E-state index contributed by atoms with van der Waals surface area (Å²) in [5, 5.41) is 5.17. The Balaban J connectivity index is 1.32. The summed E-state index contributed by atoms with van der Waals surface area (Å²) in [6.45, 7) is 3.57. The third-order valence-corrected chi connectivity index (χ3v) is 4.72. The summed E-state index contributed by atoms with van der Waals surface area (Å²) in [6.07, 6.45) is 10.0.